The highest BCUT2D eigenvalue weighted by Crippen LogP contribution is 2.20. The summed E-state index contributed by atoms with van der Waals surface area (Å²) < 4.78 is 1.75. The maximum atomic E-state index is 5.71. The van der Waals surface area contributed by atoms with Gasteiger partial charge in [-0.15, -0.1) is 0 Å². The lowest BCUT2D eigenvalue weighted by molar-refractivity contribution is 0.769. The molecule has 2 aromatic heterocycles. The zero-order valence-corrected chi connectivity index (χ0v) is 8.81. The first kappa shape index (κ1) is 8.96. The second-order valence-electron chi connectivity index (χ2n) is 3.74. The number of anilines is 1. The summed E-state index contributed by atoms with van der Waals surface area (Å²) in [6.45, 7) is 0. The minimum Gasteiger partial charge on any atom is -0.399 e. The first-order valence-electron chi connectivity index (χ1n) is 4.97. The number of hydrogen-bond acceptors (Lipinski definition) is 3. The predicted molar refractivity (Wildman–Crippen MR) is 62.7 cm³/mol. The fraction of sp³-hybridized carbons (Fsp3) is 0.0909. The minimum atomic E-state index is 0.726. The summed E-state index contributed by atoms with van der Waals surface area (Å²) >= 11 is 0. The number of nitrogen functional groups attached to an aromatic ring is 1. The number of imidazole rings is 1. The molecule has 0 unspecified atom stereocenters. The summed E-state index contributed by atoms with van der Waals surface area (Å²) in [5, 5.41) is 4.29. The third-order valence-corrected chi connectivity index (χ3v) is 2.46. The van der Waals surface area contributed by atoms with E-state index in [1.165, 1.54) is 0 Å². The first-order chi connectivity index (χ1) is 7.72. The Bertz CT molecular complexity index is 649. The fourth-order valence-electron chi connectivity index (χ4n) is 1.69. The Morgan fingerprint density at radius 1 is 1.31 bits per heavy atom. The molecule has 0 bridgehead atoms. The van der Waals surface area contributed by atoms with Gasteiger partial charge in [0, 0.05) is 18.9 Å². The van der Waals surface area contributed by atoms with E-state index >= 15 is 0 Å². The van der Waals surface area contributed by atoms with Crippen LogP contribution in [0.3, 0.4) is 0 Å². The number of aromatic amines is 1. The van der Waals surface area contributed by atoms with Crippen LogP contribution in [0.4, 0.5) is 5.69 Å². The molecule has 0 fully saturated rings. The van der Waals surface area contributed by atoms with Gasteiger partial charge in [0.05, 0.1) is 11.0 Å². The Labute approximate surface area is 91.9 Å². The molecule has 0 saturated carbocycles. The molecule has 16 heavy (non-hydrogen) atoms. The molecule has 0 aliphatic carbocycles. The van der Waals surface area contributed by atoms with Crippen molar-refractivity contribution in [2.24, 2.45) is 7.05 Å². The van der Waals surface area contributed by atoms with E-state index in [0.29, 0.717) is 0 Å². The number of nitrogens with two attached hydrogens (primary N) is 1. The Kier molecular flexibility index (Phi) is 1.73. The van der Waals surface area contributed by atoms with E-state index in [1.807, 2.05) is 37.5 Å². The van der Waals surface area contributed by atoms with Gasteiger partial charge in [-0.2, -0.15) is 5.10 Å². The molecule has 5 nitrogen and oxygen atoms in total. The fourth-order valence-corrected chi connectivity index (χ4v) is 1.69. The maximum Gasteiger partial charge on any atom is 0.159 e. The largest absolute Gasteiger partial charge is 0.399 e. The predicted octanol–water partition coefficient (Wildman–Crippen LogP) is 1.55. The van der Waals surface area contributed by atoms with Gasteiger partial charge in [0.1, 0.15) is 5.69 Å². The van der Waals surface area contributed by atoms with Crippen LogP contribution in [-0.2, 0) is 7.05 Å². The van der Waals surface area contributed by atoms with Crippen molar-refractivity contribution in [3.05, 3.63) is 30.5 Å². The van der Waals surface area contributed by atoms with Gasteiger partial charge in [-0.1, -0.05) is 0 Å². The molecular weight excluding hydrogens is 202 g/mol. The van der Waals surface area contributed by atoms with Crippen LogP contribution in [0, 0.1) is 0 Å². The van der Waals surface area contributed by atoms with Crippen molar-refractivity contribution >= 4 is 16.7 Å². The quantitative estimate of drug-likeness (QED) is 0.602. The van der Waals surface area contributed by atoms with E-state index in [4.69, 9.17) is 5.73 Å². The summed E-state index contributed by atoms with van der Waals surface area (Å²) in [6, 6.07) is 7.52. The molecule has 80 valence electrons. The van der Waals surface area contributed by atoms with Crippen molar-refractivity contribution in [3.63, 3.8) is 0 Å². The molecule has 0 amide bonds. The third kappa shape index (κ3) is 1.33. The first-order valence-corrected chi connectivity index (χ1v) is 4.97. The van der Waals surface area contributed by atoms with Crippen LogP contribution >= 0.6 is 0 Å². The molecule has 3 aromatic rings. The molecule has 0 radical (unpaired) electrons. The highest BCUT2D eigenvalue weighted by Gasteiger charge is 2.07. The Hall–Kier alpha value is -2.30. The Balaban J connectivity index is 2.18. The normalized spacial score (nSPS) is 11.1. The molecule has 0 aliphatic rings. The Morgan fingerprint density at radius 2 is 2.19 bits per heavy atom. The number of benzene rings is 1. The van der Waals surface area contributed by atoms with E-state index in [9.17, 15) is 0 Å². The van der Waals surface area contributed by atoms with Gasteiger partial charge < -0.3 is 10.7 Å². The van der Waals surface area contributed by atoms with Crippen molar-refractivity contribution in [3.8, 4) is 11.5 Å². The molecule has 0 aliphatic heterocycles. The van der Waals surface area contributed by atoms with E-state index in [1.54, 1.807) is 4.68 Å². The number of rotatable bonds is 1. The molecule has 1 aromatic carbocycles. The van der Waals surface area contributed by atoms with Gasteiger partial charge in [0.2, 0.25) is 0 Å². The summed E-state index contributed by atoms with van der Waals surface area (Å²) in [7, 11) is 1.88. The molecule has 0 saturated heterocycles. The number of fused-ring (bicyclic) bond motifs is 1. The third-order valence-electron chi connectivity index (χ3n) is 2.46. The van der Waals surface area contributed by atoms with Gasteiger partial charge in [0.25, 0.3) is 0 Å². The van der Waals surface area contributed by atoms with Crippen LogP contribution < -0.4 is 5.73 Å². The zero-order valence-electron chi connectivity index (χ0n) is 8.81. The van der Waals surface area contributed by atoms with Gasteiger partial charge >= 0.3 is 0 Å². The van der Waals surface area contributed by atoms with Crippen molar-refractivity contribution in [2.75, 3.05) is 5.73 Å². The van der Waals surface area contributed by atoms with Crippen LogP contribution in [0.15, 0.2) is 30.5 Å². The van der Waals surface area contributed by atoms with Crippen molar-refractivity contribution in [1.29, 1.82) is 0 Å². The van der Waals surface area contributed by atoms with Crippen molar-refractivity contribution < 1.29 is 0 Å². The lowest BCUT2D eigenvalue weighted by atomic mass is 10.3. The second kappa shape index (κ2) is 3.10. The summed E-state index contributed by atoms with van der Waals surface area (Å²) in [5.41, 5.74) is 9.09. The average molecular weight is 213 g/mol. The standard InChI is InChI=1S/C11H11N5/c1-16-5-4-9(15-16)11-13-8-3-2-7(12)6-10(8)14-11/h2-6H,12H2,1H3,(H,13,14). The smallest absolute Gasteiger partial charge is 0.159 e. The number of hydrogen-bond donors (Lipinski definition) is 2. The number of aryl methyl sites for hydroxylation is 1. The van der Waals surface area contributed by atoms with Crippen molar-refractivity contribution in [2.45, 2.75) is 0 Å². The highest BCUT2D eigenvalue weighted by molar-refractivity contribution is 5.81. The number of nitrogens with one attached hydrogen (secondary N) is 1. The van der Waals surface area contributed by atoms with Gasteiger partial charge in [-0.05, 0) is 24.3 Å². The SMILES string of the molecule is Cn1ccc(-c2nc3ccc(N)cc3[nH]2)n1. The highest BCUT2D eigenvalue weighted by atomic mass is 15.3. The zero-order chi connectivity index (χ0) is 11.1. The Morgan fingerprint density at radius 3 is 2.94 bits per heavy atom. The van der Waals surface area contributed by atoms with E-state index in [0.717, 1.165) is 28.2 Å². The van der Waals surface area contributed by atoms with E-state index in [2.05, 4.69) is 15.1 Å². The molecule has 2 heterocycles. The minimum absolute atomic E-state index is 0.726. The number of H-pyrrole nitrogens is 1. The molecule has 3 N–H and O–H groups in total. The van der Waals surface area contributed by atoms with Gasteiger partial charge in [-0.25, -0.2) is 4.98 Å². The van der Waals surface area contributed by atoms with Crippen LogP contribution in [0.1, 0.15) is 0 Å². The molecule has 5 heteroatoms. The number of aromatic nitrogens is 4. The second-order valence-corrected chi connectivity index (χ2v) is 3.74. The molecule has 0 spiro atoms. The summed E-state index contributed by atoms with van der Waals surface area (Å²) in [4.78, 5) is 7.65. The van der Waals surface area contributed by atoms with E-state index < -0.39 is 0 Å². The van der Waals surface area contributed by atoms with Crippen LogP contribution in [0.5, 0.6) is 0 Å². The average Bonchev–Trinajstić information content (AvgIpc) is 2.83. The maximum absolute atomic E-state index is 5.71. The topological polar surface area (TPSA) is 72.5 Å². The molecule has 0 atom stereocenters. The number of nitrogens with zero attached hydrogens (tertiary/aromatic N) is 3. The monoisotopic (exact) mass is 213 g/mol. The van der Waals surface area contributed by atoms with Gasteiger partial charge in [-0.3, -0.25) is 4.68 Å². The van der Waals surface area contributed by atoms with Gasteiger partial charge in [0.15, 0.2) is 5.82 Å². The summed E-state index contributed by atoms with van der Waals surface area (Å²) in [6.07, 6.45) is 1.89. The molecule has 3 rings (SSSR count). The van der Waals surface area contributed by atoms with Crippen LogP contribution in [0.2, 0.25) is 0 Å². The van der Waals surface area contributed by atoms with Crippen LogP contribution in [0.25, 0.3) is 22.6 Å². The lowest BCUT2D eigenvalue weighted by Crippen LogP contribution is -1.88. The lowest BCUT2D eigenvalue weighted by Gasteiger charge is -1.89. The summed E-state index contributed by atoms with van der Waals surface area (Å²) in [5.74, 6) is 0.765. The van der Waals surface area contributed by atoms with E-state index in [-0.39, 0.29) is 0 Å². The molecular formula is C11H11N5. The van der Waals surface area contributed by atoms with Crippen LogP contribution in [-0.4, -0.2) is 19.7 Å². The van der Waals surface area contributed by atoms with Crippen molar-refractivity contribution in [1.82, 2.24) is 19.7 Å².